The Hall–Kier alpha value is -2.75. The number of fused-ring (bicyclic) bond motifs is 2. The summed E-state index contributed by atoms with van der Waals surface area (Å²) in [7, 11) is 0. The van der Waals surface area contributed by atoms with Crippen LogP contribution in [0.25, 0.3) is 11.0 Å². The van der Waals surface area contributed by atoms with Crippen molar-refractivity contribution in [2.75, 3.05) is 0 Å². The zero-order valence-electron chi connectivity index (χ0n) is 12.7. The summed E-state index contributed by atoms with van der Waals surface area (Å²) >= 11 is 0. The molecule has 0 spiro atoms. The molecule has 0 aliphatic heterocycles. The van der Waals surface area contributed by atoms with Gasteiger partial charge in [0.15, 0.2) is 0 Å². The molecule has 23 heavy (non-hydrogen) atoms. The summed E-state index contributed by atoms with van der Waals surface area (Å²) in [5.74, 6) is -0.0297. The molecule has 0 saturated heterocycles. The number of hydrogen-bond donors (Lipinski definition) is 1. The molecule has 0 saturated carbocycles. The molecular formula is C19H16O4. The van der Waals surface area contributed by atoms with Crippen LogP contribution in [0.4, 0.5) is 0 Å². The second kappa shape index (κ2) is 5.16. The number of furan rings is 1. The van der Waals surface area contributed by atoms with Crippen LogP contribution >= 0.6 is 0 Å². The molecule has 4 heteroatoms. The third-order valence-electron chi connectivity index (χ3n) is 4.41. The maximum absolute atomic E-state index is 11.6. The lowest BCUT2D eigenvalue weighted by Gasteiger charge is -2.15. The fourth-order valence-electron chi connectivity index (χ4n) is 3.38. The van der Waals surface area contributed by atoms with Crippen LogP contribution in [0, 0.1) is 6.92 Å². The second-order valence-corrected chi connectivity index (χ2v) is 5.81. The molecule has 1 aliphatic carbocycles. The molecule has 0 radical (unpaired) electrons. The van der Waals surface area contributed by atoms with Gasteiger partial charge in [-0.05, 0) is 43.0 Å². The Kier molecular flexibility index (Phi) is 3.11. The van der Waals surface area contributed by atoms with E-state index in [-0.39, 0.29) is 11.7 Å². The molecule has 3 aromatic rings. The van der Waals surface area contributed by atoms with E-state index in [9.17, 15) is 9.90 Å². The average molecular weight is 308 g/mol. The van der Waals surface area contributed by atoms with Crippen molar-refractivity contribution in [1.82, 2.24) is 0 Å². The van der Waals surface area contributed by atoms with E-state index in [1.165, 1.54) is 11.1 Å². The predicted octanol–water partition coefficient (Wildman–Crippen LogP) is 4.51. The fraction of sp³-hybridized carbons (Fsp3) is 0.211. The van der Waals surface area contributed by atoms with Crippen LogP contribution in [0.3, 0.4) is 0 Å². The summed E-state index contributed by atoms with van der Waals surface area (Å²) < 4.78 is 11.8. The van der Waals surface area contributed by atoms with E-state index in [2.05, 4.69) is 12.1 Å². The van der Waals surface area contributed by atoms with Gasteiger partial charge < -0.3 is 14.3 Å². The van der Waals surface area contributed by atoms with E-state index in [0.29, 0.717) is 22.5 Å². The van der Waals surface area contributed by atoms with E-state index < -0.39 is 5.97 Å². The van der Waals surface area contributed by atoms with Gasteiger partial charge in [-0.2, -0.15) is 0 Å². The molecule has 1 N–H and O–H groups in total. The maximum atomic E-state index is 11.6. The second-order valence-electron chi connectivity index (χ2n) is 5.81. The number of carboxylic acid groups (broad SMARTS) is 1. The van der Waals surface area contributed by atoms with Crippen molar-refractivity contribution in [3.05, 3.63) is 64.9 Å². The number of hydrogen-bond acceptors (Lipinski definition) is 3. The zero-order valence-corrected chi connectivity index (χ0v) is 12.7. The van der Waals surface area contributed by atoms with Crippen LogP contribution in [0.2, 0.25) is 0 Å². The average Bonchev–Trinajstić information content (AvgIpc) is 3.08. The Morgan fingerprint density at radius 3 is 2.87 bits per heavy atom. The van der Waals surface area contributed by atoms with Crippen molar-refractivity contribution in [2.45, 2.75) is 25.9 Å². The minimum atomic E-state index is -0.996. The van der Waals surface area contributed by atoms with Crippen LogP contribution in [0.1, 0.15) is 39.8 Å². The van der Waals surface area contributed by atoms with Crippen LogP contribution in [0.5, 0.6) is 5.75 Å². The lowest BCUT2D eigenvalue weighted by Crippen LogP contribution is -2.05. The smallest absolute Gasteiger partial charge is 0.340 e. The molecular weight excluding hydrogens is 292 g/mol. The normalized spacial score (nSPS) is 16.5. The molecule has 1 aromatic heterocycles. The highest BCUT2D eigenvalue weighted by Gasteiger charge is 2.26. The topological polar surface area (TPSA) is 59.7 Å². The Morgan fingerprint density at radius 1 is 1.22 bits per heavy atom. The van der Waals surface area contributed by atoms with Gasteiger partial charge in [0, 0.05) is 0 Å². The van der Waals surface area contributed by atoms with Crippen molar-refractivity contribution in [3.63, 3.8) is 0 Å². The molecule has 4 rings (SSSR count). The predicted molar refractivity (Wildman–Crippen MR) is 86.0 cm³/mol. The molecule has 2 aromatic carbocycles. The van der Waals surface area contributed by atoms with Gasteiger partial charge >= 0.3 is 5.97 Å². The Morgan fingerprint density at radius 2 is 2.04 bits per heavy atom. The van der Waals surface area contributed by atoms with Crippen molar-refractivity contribution in [1.29, 1.82) is 0 Å². The highest BCUT2D eigenvalue weighted by atomic mass is 16.5. The van der Waals surface area contributed by atoms with E-state index in [1.54, 1.807) is 13.0 Å². The summed E-state index contributed by atoms with van der Waals surface area (Å²) in [6.07, 6.45) is 1.83. The van der Waals surface area contributed by atoms with Gasteiger partial charge in [-0.25, -0.2) is 4.79 Å². The van der Waals surface area contributed by atoms with Gasteiger partial charge in [0.2, 0.25) is 0 Å². The first kappa shape index (κ1) is 13.9. The zero-order chi connectivity index (χ0) is 16.0. The van der Waals surface area contributed by atoms with Crippen LogP contribution in [0.15, 0.2) is 46.9 Å². The molecule has 4 nitrogen and oxygen atoms in total. The summed E-state index contributed by atoms with van der Waals surface area (Å²) in [4.78, 5) is 11.6. The quantitative estimate of drug-likeness (QED) is 0.773. The molecule has 1 unspecified atom stereocenters. The molecule has 1 heterocycles. The summed E-state index contributed by atoms with van der Waals surface area (Å²) in [6.45, 7) is 1.66. The first-order chi connectivity index (χ1) is 11.1. The van der Waals surface area contributed by atoms with E-state index in [0.717, 1.165) is 12.8 Å². The number of aryl methyl sites for hydroxylation is 2. The van der Waals surface area contributed by atoms with Gasteiger partial charge in [-0.3, -0.25) is 0 Å². The van der Waals surface area contributed by atoms with Crippen molar-refractivity contribution < 1.29 is 19.1 Å². The van der Waals surface area contributed by atoms with Crippen molar-refractivity contribution >= 4 is 16.9 Å². The number of aromatic carboxylic acids is 1. The highest BCUT2D eigenvalue weighted by Crippen LogP contribution is 2.39. The summed E-state index contributed by atoms with van der Waals surface area (Å²) in [5, 5.41) is 10.0. The number of ether oxygens (including phenoxy) is 1. The SMILES string of the molecule is Cc1oc2cccc(OC3CCc4ccccc43)c2c1C(=O)O. The highest BCUT2D eigenvalue weighted by molar-refractivity contribution is 6.06. The first-order valence-electron chi connectivity index (χ1n) is 7.65. The van der Waals surface area contributed by atoms with Crippen LogP contribution < -0.4 is 4.74 Å². The Bertz CT molecular complexity index is 907. The van der Waals surface area contributed by atoms with Gasteiger partial charge in [-0.15, -0.1) is 0 Å². The van der Waals surface area contributed by atoms with Crippen molar-refractivity contribution in [2.24, 2.45) is 0 Å². The maximum Gasteiger partial charge on any atom is 0.340 e. The molecule has 0 bridgehead atoms. The summed E-state index contributed by atoms with van der Waals surface area (Å²) in [5.41, 5.74) is 3.21. The molecule has 116 valence electrons. The molecule has 1 atom stereocenters. The molecule has 0 amide bonds. The molecule has 0 fully saturated rings. The van der Waals surface area contributed by atoms with E-state index in [1.807, 2.05) is 24.3 Å². The van der Waals surface area contributed by atoms with Gasteiger partial charge in [0.1, 0.15) is 28.8 Å². The van der Waals surface area contributed by atoms with Gasteiger partial charge in [-0.1, -0.05) is 30.3 Å². The fourth-order valence-corrected chi connectivity index (χ4v) is 3.38. The Balaban J connectivity index is 1.80. The minimum Gasteiger partial charge on any atom is -0.485 e. The number of benzene rings is 2. The number of carbonyl (C=O) groups is 1. The van der Waals surface area contributed by atoms with Gasteiger partial charge in [0.05, 0.1) is 5.39 Å². The first-order valence-corrected chi connectivity index (χ1v) is 7.65. The third kappa shape index (κ3) is 2.18. The number of rotatable bonds is 3. The number of carboxylic acids is 1. The standard InChI is InChI=1S/C19H16O4/c1-11-17(19(20)21)18-15(22-11)7-4-8-16(18)23-14-10-9-12-5-2-3-6-13(12)14/h2-8,14H,9-10H2,1H3,(H,20,21). The van der Waals surface area contributed by atoms with Crippen LogP contribution in [-0.4, -0.2) is 11.1 Å². The minimum absolute atomic E-state index is 0.0475. The summed E-state index contributed by atoms with van der Waals surface area (Å²) in [6, 6.07) is 13.6. The lowest BCUT2D eigenvalue weighted by molar-refractivity contribution is 0.0696. The Labute approximate surface area is 133 Å². The largest absolute Gasteiger partial charge is 0.485 e. The van der Waals surface area contributed by atoms with E-state index in [4.69, 9.17) is 9.15 Å². The monoisotopic (exact) mass is 308 g/mol. The van der Waals surface area contributed by atoms with Crippen LogP contribution in [-0.2, 0) is 6.42 Å². The van der Waals surface area contributed by atoms with Gasteiger partial charge in [0.25, 0.3) is 0 Å². The van der Waals surface area contributed by atoms with Crippen molar-refractivity contribution in [3.8, 4) is 5.75 Å². The lowest BCUT2D eigenvalue weighted by atomic mass is 10.1. The van der Waals surface area contributed by atoms with E-state index >= 15 is 0 Å². The molecule has 1 aliphatic rings. The third-order valence-corrected chi connectivity index (χ3v) is 4.41.